The van der Waals surface area contributed by atoms with Crippen molar-refractivity contribution in [2.75, 3.05) is 0 Å². The molecule has 0 saturated heterocycles. The largest absolute Gasteiger partial charge is 0.214 e. The van der Waals surface area contributed by atoms with Crippen LogP contribution in [-0.2, 0) is 10.0 Å². The van der Waals surface area contributed by atoms with E-state index in [1.807, 2.05) is 0 Å². The molecule has 5 heteroatoms. The van der Waals surface area contributed by atoms with E-state index in [1.165, 1.54) is 9.13 Å². The molecule has 0 radical (unpaired) electrons. The van der Waals surface area contributed by atoms with Gasteiger partial charge in [-0.1, -0.05) is 12.1 Å². The molecule has 1 aromatic carbocycles. The van der Waals surface area contributed by atoms with Gasteiger partial charge in [-0.15, -0.1) is 0 Å². The highest BCUT2D eigenvalue weighted by Crippen LogP contribution is 2.35. The van der Waals surface area contributed by atoms with Crippen molar-refractivity contribution in [2.24, 2.45) is 0 Å². The molecule has 2 rings (SSSR count). The fourth-order valence-electron chi connectivity index (χ4n) is 2.49. The Bertz CT molecular complexity index is 525. The smallest absolute Gasteiger partial charge is 0.212 e. The van der Waals surface area contributed by atoms with E-state index in [1.54, 1.807) is 13.8 Å². The SMILES string of the molecule is CC(C)S(=O)(=O)NC1CCC(c2ccc(I)cc2)C1. The minimum atomic E-state index is -3.15. The van der Waals surface area contributed by atoms with Crippen LogP contribution < -0.4 is 4.72 Å². The highest BCUT2D eigenvalue weighted by atomic mass is 127. The number of rotatable bonds is 4. The minimum absolute atomic E-state index is 0.0941. The molecule has 1 aliphatic carbocycles. The number of benzene rings is 1. The van der Waals surface area contributed by atoms with Crippen LogP contribution in [0, 0.1) is 3.57 Å². The third-order valence-electron chi connectivity index (χ3n) is 3.73. The first-order chi connectivity index (χ1) is 8.88. The third-order valence-corrected chi connectivity index (χ3v) is 6.35. The lowest BCUT2D eigenvalue weighted by Gasteiger charge is -2.16. The van der Waals surface area contributed by atoms with Crippen LogP contribution in [0.2, 0.25) is 0 Å². The Hall–Kier alpha value is -0.140. The predicted octanol–water partition coefficient (Wildman–Crippen LogP) is 3.26. The van der Waals surface area contributed by atoms with Crippen LogP contribution in [0.4, 0.5) is 0 Å². The fourth-order valence-corrected chi connectivity index (χ4v) is 3.81. The maximum Gasteiger partial charge on any atom is 0.214 e. The van der Waals surface area contributed by atoms with Crippen molar-refractivity contribution in [2.45, 2.75) is 50.3 Å². The molecule has 0 heterocycles. The molecule has 1 aliphatic rings. The summed E-state index contributed by atoms with van der Waals surface area (Å²) in [7, 11) is -3.15. The molecule has 0 spiro atoms. The van der Waals surface area contributed by atoms with E-state index in [0.717, 1.165) is 19.3 Å². The maximum absolute atomic E-state index is 11.9. The molecule has 3 nitrogen and oxygen atoms in total. The van der Waals surface area contributed by atoms with Crippen LogP contribution in [0.25, 0.3) is 0 Å². The van der Waals surface area contributed by atoms with Gasteiger partial charge in [0.1, 0.15) is 0 Å². The first-order valence-electron chi connectivity index (χ1n) is 6.65. The van der Waals surface area contributed by atoms with Crippen LogP contribution in [-0.4, -0.2) is 19.7 Å². The van der Waals surface area contributed by atoms with Crippen LogP contribution in [0.15, 0.2) is 24.3 Å². The second-order valence-electron chi connectivity index (χ2n) is 5.47. The summed E-state index contributed by atoms with van der Waals surface area (Å²) in [6.07, 6.45) is 2.90. The third kappa shape index (κ3) is 3.92. The Kier molecular flexibility index (Phi) is 4.89. The standard InChI is InChI=1S/C14H20INO2S/c1-10(2)19(17,18)16-14-8-5-12(9-14)11-3-6-13(15)7-4-11/h3-4,6-7,10,12,14,16H,5,8-9H2,1-2H3. The topological polar surface area (TPSA) is 46.2 Å². The van der Waals surface area contributed by atoms with Crippen molar-refractivity contribution >= 4 is 32.6 Å². The molecule has 1 fully saturated rings. The van der Waals surface area contributed by atoms with Gasteiger partial charge in [0.05, 0.1) is 5.25 Å². The number of nitrogens with one attached hydrogen (secondary N) is 1. The summed E-state index contributed by atoms with van der Waals surface area (Å²) in [5.41, 5.74) is 1.33. The zero-order valence-electron chi connectivity index (χ0n) is 11.3. The minimum Gasteiger partial charge on any atom is -0.212 e. The van der Waals surface area contributed by atoms with Gasteiger partial charge in [0.2, 0.25) is 10.0 Å². The van der Waals surface area contributed by atoms with Crippen molar-refractivity contribution < 1.29 is 8.42 Å². The van der Waals surface area contributed by atoms with E-state index in [-0.39, 0.29) is 11.3 Å². The quantitative estimate of drug-likeness (QED) is 0.799. The van der Waals surface area contributed by atoms with Gasteiger partial charge in [-0.3, -0.25) is 0 Å². The highest BCUT2D eigenvalue weighted by molar-refractivity contribution is 14.1. The molecular weight excluding hydrogens is 373 g/mol. The molecule has 1 saturated carbocycles. The van der Waals surface area contributed by atoms with Crippen LogP contribution in [0.5, 0.6) is 0 Å². The summed E-state index contributed by atoms with van der Waals surface area (Å²) in [6.45, 7) is 3.43. The van der Waals surface area contributed by atoms with Gasteiger partial charge in [0.25, 0.3) is 0 Å². The van der Waals surface area contributed by atoms with E-state index >= 15 is 0 Å². The first kappa shape index (κ1) is 15.3. The predicted molar refractivity (Wildman–Crippen MR) is 86.7 cm³/mol. The Morgan fingerprint density at radius 2 is 1.84 bits per heavy atom. The Morgan fingerprint density at radius 3 is 2.42 bits per heavy atom. The average molecular weight is 393 g/mol. The second-order valence-corrected chi connectivity index (χ2v) is 8.98. The van der Waals surface area contributed by atoms with Crippen molar-refractivity contribution in [3.63, 3.8) is 0 Å². The summed E-state index contributed by atoms with van der Waals surface area (Å²) >= 11 is 2.30. The molecule has 0 bridgehead atoms. The molecule has 1 aromatic rings. The summed E-state index contributed by atoms with van der Waals surface area (Å²) < 4.78 is 27.8. The molecule has 0 aromatic heterocycles. The normalized spacial score (nSPS) is 24.0. The van der Waals surface area contributed by atoms with Gasteiger partial charge < -0.3 is 0 Å². The molecular formula is C14H20INO2S. The van der Waals surface area contributed by atoms with Gasteiger partial charge in [-0.25, -0.2) is 13.1 Å². The van der Waals surface area contributed by atoms with Crippen LogP contribution in [0.1, 0.15) is 44.6 Å². The molecule has 0 aliphatic heterocycles. The van der Waals surface area contributed by atoms with Crippen LogP contribution >= 0.6 is 22.6 Å². The number of halogens is 1. The van der Waals surface area contributed by atoms with Gasteiger partial charge >= 0.3 is 0 Å². The Morgan fingerprint density at radius 1 is 1.21 bits per heavy atom. The fraction of sp³-hybridized carbons (Fsp3) is 0.571. The zero-order chi connectivity index (χ0) is 14.0. The van der Waals surface area contributed by atoms with E-state index in [4.69, 9.17) is 0 Å². The summed E-state index contributed by atoms with van der Waals surface area (Å²) in [4.78, 5) is 0. The van der Waals surface area contributed by atoms with E-state index < -0.39 is 10.0 Å². The molecule has 0 amide bonds. The lowest BCUT2D eigenvalue weighted by molar-refractivity contribution is 0.541. The first-order valence-corrected chi connectivity index (χ1v) is 9.27. The number of hydrogen-bond acceptors (Lipinski definition) is 2. The molecule has 19 heavy (non-hydrogen) atoms. The van der Waals surface area contributed by atoms with Gasteiger partial charge in [-0.2, -0.15) is 0 Å². The molecule has 2 unspecified atom stereocenters. The monoisotopic (exact) mass is 393 g/mol. The Balaban J connectivity index is 1.99. The second kappa shape index (κ2) is 6.10. The highest BCUT2D eigenvalue weighted by Gasteiger charge is 2.29. The number of hydrogen-bond donors (Lipinski definition) is 1. The maximum atomic E-state index is 11.9. The summed E-state index contributed by atoms with van der Waals surface area (Å²) in [6, 6.07) is 8.64. The van der Waals surface area contributed by atoms with Gasteiger partial charge in [0.15, 0.2) is 0 Å². The van der Waals surface area contributed by atoms with E-state index in [9.17, 15) is 8.42 Å². The zero-order valence-corrected chi connectivity index (χ0v) is 14.2. The molecule has 2 atom stereocenters. The van der Waals surface area contributed by atoms with Gasteiger partial charge in [0, 0.05) is 9.61 Å². The number of sulfonamides is 1. The van der Waals surface area contributed by atoms with Crippen molar-refractivity contribution in [3.05, 3.63) is 33.4 Å². The summed E-state index contributed by atoms with van der Waals surface area (Å²) in [5.74, 6) is 0.483. The van der Waals surface area contributed by atoms with E-state index in [2.05, 4.69) is 51.6 Å². The molecule has 106 valence electrons. The molecule has 1 N–H and O–H groups in total. The van der Waals surface area contributed by atoms with E-state index in [0.29, 0.717) is 5.92 Å². The lowest BCUT2D eigenvalue weighted by atomic mass is 9.98. The summed E-state index contributed by atoms with van der Waals surface area (Å²) in [5, 5.41) is -0.357. The van der Waals surface area contributed by atoms with Gasteiger partial charge in [-0.05, 0) is 79.3 Å². The lowest BCUT2D eigenvalue weighted by Crippen LogP contribution is -2.37. The van der Waals surface area contributed by atoms with Crippen molar-refractivity contribution in [1.82, 2.24) is 4.72 Å². The Labute approximate surface area is 129 Å². The van der Waals surface area contributed by atoms with Crippen LogP contribution in [0.3, 0.4) is 0 Å². The average Bonchev–Trinajstić information content (AvgIpc) is 2.77. The van der Waals surface area contributed by atoms with Crippen molar-refractivity contribution in [1.29, 1.82) is 0 Å². The van der Waals surface area contributed by atoms with Crippen molar-refractivity contribution in [3.8, 4) is 0 Å².